The van der Waals surface area contributed by atoms with Gasteiger partial charge in [0.15, 0.2) is 6.10 Å². The molecule has 244 valence electrons. The average Bonchev–Trinajstić information content (AvgIpc) is 3.01. The summed E-state index contributed by atoms with van der Waals surface area (Å²) < 4.78 is 56.1. The lowest BCUT2D eigenvalue weighted by Gasteiger charge is -2.20. The third-order valence-corrected chi connectivity index (χ3v) is 7.50. The smallest absolute Gasteiger partial charge is 0.425 e. The van der Waals surface area contributed by atoms with E-state index in [0.717, 1.165) is 32.1 Å². The lowest BCUT2D eigenvalue weighted by atomic mass is 10.1. The molecule has 0 saturated heterocycles. The monoisotopic (exact) mass is 628 g/mol. The van der Waals surface area contributed by atoms with Crippen LogP contribution in [-0.4, -0.2) is 30.2 Å². The van der Waals surface area contributed by atoms with Crippen LogP contribution in [0.1, 0.15) is 118 Å². The first kappa shape index (κ1) is 35.6. The Balaban J connectivity index is 1.52. The van der Waals surface area contributed by atoms with E-state index in [1.54, 1.807) is 18.2 Å². The Kier molecular flexibility index (Phi) is 14.4. The number of unbranched alkanes of at least 4 members (excludes halogenated alkanes) is 9. The van der Waals surface area contributed by atoms with Crippen LogP contribution < -0.4 is 9.47 Å². The van der Waals surface area contributed by atoms with Gasteiger partial charge in [-0.2, -0.15) is 13.2 Å². The highest BCUT2D eigenvalue weighted by Gasteiger charge is 2.42. The zero-order valence-electron chi connectivity index (χ0n) is 26.1. The van der Waals surface area contributed by atoms with Crippen molar-refractivity contribution in [3.63, 3.8) is 0 Å². The van der Waals surface area contributed by atoms with Gasteiger partial charge in [-0.15, -0.1) is 0 Å². The number of hydrogen-bond acceptors (Lipinski definition) is 6. The molecule has 0 amide bonds. The van der Waals surface area contributed by atoms with E-state index in [0.29, 0.717) is 35.8 Å². The Morgan fingerprint density at radius 1 is 0.622 bits per heavy atom. The zero-order chi connectivity index (χ0) is 32.7. The molecule has 9 heteroatoms. The van der Waals surface area contributed by atoms with Crippen molar-refractivity contribution in [3.05, 3.63) is 71.8 Å². The van der Waals surface area contributed by atoms with E-state index in [1.807, 2.05) is 6.92 Å². The summed E-state index contributed by atoms with van der Waals surface area (Å²) in [4.78, 5) is 37.4. The predicted octanol–water partition coefficient (Wildman–Crippen LogP) is 10.2. The molecule has 0 aromatic heterocycles. The summed E-state index contributed by atoms with van der Waals surface area (Å²) in [5, 5.41) is 1.19. The molecule has 3 aromatic rings. The maximum atomic E-state index is 13.5. The van der Waals surface area contributed by atoms with Gasteiger partial charge in [-0.05, 0) is 78.6 Å². The molecule has 6 nitrogen and oxygen atoms in total. The maximum Gasteiger partial charge on any atom is 0.425 e. The van der Waals surface area contributed by atoms with Gasteiger partial charge in [-0.1, -0.05) is 83.8 Å². The minimum atomic E-state index is -4.64. The highest BCUT2D eigenvalue weighted by molar-refractivity contribution is 5.96. The fraction of sp³-hybridized carbons (Fsp3) is 0.472. The first-order valence-electron chi connectivity index (χ1n) is 15.9. The topological polar surface area (TPSA) is 78.9 Å². The minimum absolute atomic E-state index is 0.00162. The van der Waals surface area contributed by atoms with Gasteiger partial charge in [0.05, 0.1) is 11.1 Å². The standard InChI is InChI=1S/C36H43F3O6/c1-3-5-7-9-10-11-13-15-33(40)43-30-21-18-26(19-22-30)34(41)44-31-23-20-27-24-29(17-16-28(27)25-31)35(42)45-32(36(37,38)39)14-12-8-6-4-2/h16-25,32H,3-15H2,1-2H3. The second-order valence-corrected chi connectivity index (χ2v) is 11.3. The van der Waals surface area contributed by atoms with E-state index < -0.39 is 24.2 Å². The van der Waals surface area contributed by atoms with Crippen LogP contribution >= 0.6 is 0 Å². The highest BCUT2D eigenvalue weighted by atomic mass is 19.4. The van der Waals surface area contributed by atoms with Crippen molar-refractivity contribution in [2.75, 3.05) is 0 Å². The van der Waals surface area contributed by atoms with Crippen LogP contribution in [0.4, 0.5) is 13.2 Å². The van der Waals surface area contributed by atoms with Gasteiger partial charge in [0.1, 0.15) is 11.5 Å². The quantitative estimate of drug-likeness (QED) is 0.0792. The van der Waals surface area contributed by atoms with E-state index in [-0.39, 0.29) is 29.3 Å². The lowest BCUT2D eigenvalue weighted by molar-refractivity contribution is -0.206. The molecular formula is C36H43F3O6. The van der Waals surface area contributed by atoms with Gasteiger partial charge in [0.25, 0.3) is 0 Å². The van der Waals surface area contributed by atoms with Crippen molar-refractivity contribution in [1.82, 2.24) is 0 Å². The highest BCUT2D eigenvalue weighted by Crippen LogP contribution is 2.29. The van der Waals surface area contributed by atoms with Crippen LogP contribution in [0.25, 0.3) is 10.8 Å². The van der Waals surface area contributed by atoms with E-state index >= 15 is 0 Å². The minimum Gasteiger partial charge on any atom is -0.449 e. The van der Waals surface area contributed by atoms with Crippen molar-refractivity contribution in [3.8, 4) is 11.5 Å². The Morgan fingerprint density at radius 2 is 1.18 bits per heavy atom. The number of ether oxygens (including phenoxy) is 3. The largest absolute Gasteiger partial charge is 0.449 e. The third-order valence-electron chi connectivity index (χ3n) is 7.50. The third kappa shape index (κ3) is 12.2. The van der Waals surface area contributed by atoms with E-state index in [1.165, 1.54) is 68.1 Å². The van der Waals surface area contributed by atoms with E-state index in [2.05, 4.69) is 6.92 Å². The summed E-state index contributed by atoms with van der Waals surface area (Å²) >= 11 is 0. The molecule has 0 spiro atoms. The normalized spacial score (nSPS) is 12.1. The number of benzene rings is 3. The Bertz CT molecular complexity index is 1380. The van der Waals surface area contributed by atoms with Gasteiger partial charge >= 0.3 is 24.1 Å². The average molecular weight is 629 g/mol. The summed E-state index contributed by atoms with van der Waals surface area (Å²) in [6.45, 7) is 4.14. The molecule has 0 fully saturated rings. The lowest BCUT2D eigenvalue weighted by Crippen LogP contribution is -2.33. The molecule has 0 radical (unpaired) electrons. The fourth-order valence-corrected chi connectivity index (χ4v) is 4.89. The number of esters is 3. The summed E-state index contributed by atoms with van der Waals surface area (Å²) in [5.41, 5.74) is 0.257. The van der Waals surface area contributed by atoms with Crippen molar-refractivity contribution < 1.29 is 41.8 Å². The summed E-state index contributed by atoms with van der Waals surface area (Å²) in [7, 11) is 0. The van der Waals surface area contributed by atoms with Crippen LogP contribution in [-0.2, 0) is 9.53 Å². The molecule has 0 saturated carbocycles. The second-order valence-electron chi connectivity index (χ2n) is 11.3. The molecule has 45 heavy (non-hydrogen) atoms. The number of carbonyl (C=O) groups is 3. The van der Waals surface area contributed by atoms with Crippen LogP contribution in [0.15, 0.2) is 60.7 Å². The van der Waals surface area contributed by atoms with Crippen molar-refractivity contribution in [2.45, 2.75) is 110 Å². The van der Waals surface area contributed by atoms with Crippen LogP contribution in [0, 0.1) is 0 Å². The van der Waals surface area contributed by atoms with E-state index in [9.17, 15) is 27.6 Å². The van der Waals surface area contributed by atoms with Gasteiger partial charge in [0, 0.05) is 6.42 Å². The number of hydrogen-bond donors (Lipinski definition) is 0. The molecule has 0 N–H and O–H groups in total. The van der Waals surface area contributed by atoms with Crippen LogP contribution in [0.3, 0.4) is 0 Å². The summed E-state index contributed by atoms with van der Waals surface area (Å²) in [5.74, 6) is -1.38. The number of fused-ring (bicyclic) bond motifs is 1. The van der Waals surface area contributed by atoms with Gasteiger partial charge in [-0.25, -0.2) is 9.59 Å². The number of alkyl halides is 3. The molecule has 1 atom stereocenters. The zero-order valence-corrected chi connectivity index (χ0v) is 26.1. The van der Waals surface area contributed by atoms with Crippen molar-refractivity contribution in [2.24, 2.45) is 0 Å². The van der Waals surface area contributed by atoms with Crippen molar-refractivity contribution in [1.29, 1.82) is 0 Å². The van der Waals surface area contributed by atoms with Crippen molar-refractivity contribution >= 4 is 28.7 Å². The number of carbonyl (C=O) groups excluding carboxylic acids is 3. The number of rotatable bonds is 18. The maximum absolute atomic E-state index is 13.5. The Hall–Kier alpha value is -3.88. The van der Waals surface area contributed by atoms with Crippen LogP contribution in [0.5, 0.6) is 11.5 Å². The molecule has 0 bridgehead atoms. The van der Waals surface area contributed by atoms with Gasteiger partial charge in [0.2, 0.25) is 0 Å². The number of halogens is 3. The molecule has 3 aromatic carbocycles. The van der Waals surface area contributed by atoms with E-state index in [4.69, 9.17) is 14.2 Å². The molecule has 3 rings (SSSR count). The van der Waals surface area contributed by atoms with Crippen LogP contribution in [0.2, 0.25) is 0 Å². The first-order valence-corrected chi connectivity index (χ1v) is 15.9. The van der Waals surface area contributed by atoms with Gasteiger partial charge in [-0.3, -0.25) is 4.79 Å². The summed E-state index contributed by atoms with van der Waals surface area (Å²) in [6.07, 6.45) is 3.69. The first-order chi connectivity index (χ1) is 21.6. The molecular weight excluding hydrogens is 585 g/mol. The Morgan fingerprint density at radius 3 is 1.84 bits per heavy atom. The molecule has 0 aliphatic rings. The molecule has 0 aliphatic heterocycles. The predicted molar refractivity (Wildman–Crippen MR) is 168 cm³/mol. The molecule has 0 heterocycles. The second kappa shape index (κ2) is 18.2. The van der Waals surface area contributed by atoms with Gasteiger partial charge < -0.3 is 14.2 Å². The Labute approximate surface area is 263 Å². The molecule has 1 unspecified atom stereocenters. The SMILES string of the molecule is CCCCCCCCCC(=O)Oc1ccc(C(=O)Oc2ccc3cc(C(=O)OC(CCCCCC)C(F)(F)F)ccc3c2)cc1. The summed E-state index contributed by atoms with van der Waals surface area (Å²) in [6, 6.07) is 15.2. The fourth-order valence-electron chi connectivity index (χ4n) is 4.89. The molecule has 0 aliphatic carbocycles.